The minimum atomic E-state index is -0.859. The molecule has 2 unspecified atom stereocenters. The van der Waals surface area contributed by atoms with Crippen molar-refractivity contribution in [3.8, 4) is 0 Å². The lowest BCUT2D eigenvalue weighted by Crippen LogP contribution is -2.58. The van der Waals surface area contributed by atoms with Gasteiger partial charge in [0, 0.05) is 11.7 Å². The van der Waals surface area contributed by atoms with E-state index >= 15 is 0 Å². The van der Waals surface area contributed by atoms with E-state index in [9.17, 15) is 14.4 Å². The number of carbonyl (C=O) groups excluding carboxylic acids is 3. The van der Waals surface area contributed by atoms with Crippen LogP contribution in [0.4, 0.5) is 10.5 Å². The number of rotatable bonds is 8. The number of hydrogen-bond acceptors (Lipinski definition) is 4. The van der Waals surface area contributed by atoms with Crippen LogP contribution in [0.3, 0.4) is 0 Å². The summed E-state index contributed by atoms with van der Waals surface area (Å²) in [6.45, 7) is 17.0. The Balaban J connectivity index is 2.08. The van der Waals surface area contributed by atoms with Gasteiger partial charge in [-0.05, 0) is 90.3 Å². The van der Waals surface area contributed by atoms with Crippen molar-refractivity contribution in [3.63, 3.8) is 0 Å². The SMILES string of the molecule is Cc1cc(C)cc(C(C(=O)Nc2c(C)cccc2C)N(C(=O)C(NC(=O)OC(C)(C)C)C(C)C)C2CCC2)c1. The molecular weight excluding hydrogens is 490 g/mol. The van der Waals surface area contributed by atoms with Gasteiger partial charge in [0.15, 0.2) is 0 Å². The van der Waals surface area contributed by atoms with Gasteiger partial charge < -0.3 is 20.3 Å². The second-order valence-electron chi connectivity index (χ2n) is 12.3. The van der Waals surface area contributed by atoms with Crippen molar-refractivity contribution >= 4 is 23.6 Å². The number of ether oxygens (including phenoxy) is 1. The van der Waals surface area contributed by atoms with Gasteiger partial charge in [-0.25, -0.2) is 4.79 Å². The molecule has 2 aromatic carbocycles. The molecule has 1 fully saturated rings. The van der Waals surface area contributed by atoms with Crippen LogP contribution in [0, 0.1) is 33.6 Å². The van der Waals surface area contributed by atoms with Gasteiger partial charge in [0.1, 0.15) is 17.7 Å². The molecule has 0 bridgehead atoms. The zero-order valence-corrected chi connectivity index (χ0v) is 25.0. The summed E-state index contributed by atoms with van der Waals surface area (Å²) in [5.41, 5.74) is 4.76. The van der Waals surface area contributed by atoms with Crippen LogP contribution in [0.1, 0.15) is 87.7 Å². The predicted octanol–water partition coefficient (Wildman–Crippen LogP) is 6.53. The van der Waals surface area contributed by atoms with Gasteiger partial charge in [-0.3, -0.25) is 9.59 Å². The molecule has 0 aromatic heterocycles. The van der Waals surface area contributed by atoms with Gasteiger partial charge in [-0.15, -0.1) is 0 Å². The molecule has 7 heteroatoms. The number of carbonyl (C=O) groups is 3. The summed E-state index contributed by atoms with van der Waals surface area (Å²) in [7, 11) is 0. The first-order valence-electron chi connectivity index (χ1n) is 13.9. The fourth-order valence-electron chi connectivity index (χ4n) is 5.10. The quantitative estimate of drug-likeness (QED) is 0.402. The Labute approximate surface area is 233 Å². The molecule has 0 saturated heterocycles. The van der Waals surface area contributed by atoms with Crippen molar-refractivity contribution in [1.29, 1.82) is 0 Å². The first-order valence-corrected chi connectivity index (χ1v) is 13.9. The molecule has 0 radical (unpaired) electrons. The van der Waals surface area contributed by atoms with E-state index in [2.05, 4.69) is 16.7 Å². The summed E-state index contributed by atoms with van der Waals surface area (Å²) < 4.78 is 5.48. The summed E-state index contributed by atoms with van der Waals surface area (Å²) in [6.07, 6.45) is 1.95. The molecule has 2 aromatic rings. The van der Waals surface area contributed by atoms with E-state index in [1.54, 1.807) is 25.7 Å². The van der Waals surface area contributed by atoms with Gasteiger partial charge >= 0.3 is 6.09 Å². The van der Waals surface area contributed by atoms with Crippen LogP contribution in [0.15, 0.2) is 36.4 Å². The highest BCUT2D eigenvalue weighted by atomic mass is 16.6. The number of para-hydroxylation sites is 1. The second-order valence-corrected chi connectivity index (χ2v) is 12.3. The maximum absolute atomic E-state index is 14.4. The van der Waals surface area contributed by atoms with E-state index in [1.807, 2.05) is 71.9 Å². The zero-order valence-electron chi connectivity index (χ0n) is 25.0. The minimum absolute atomic E-state index is 0.103. The van der Waals surface area contributed by atoms with Crippen LogP contribution >= 0.6 is 0 Å². The van der Waals surface area contributed by atoms with Crippen LogP contribution in [0.25, 0.3) is 0 Å². The van der Waals surface area contributed by atoms with Crippen LogP contribution in [0.2, 0.25) is 0 Å². The van der Waals surface area contributed by atoms with Crippen LogP contribution in [-0.2, 0) is 14.3 Å². The Kier molecular flexibility index (Phi) is 9.47. The molecule has 2 atom stereocenters. The normalized spacial score (nSPS) is 15.2. The average Bonchev–Trinajstić information content (AvgIpc) is 2.76. The van der Waals surface area contributed by atoms with E-state index in [0.29, 0.717) is 0 Å². The van der Waals surface area contributed by atoms with E-state index in [1.165, 1.54) is 0 Å². The van der Waals surface area contributed by atoms with Gasteiger partial charge in [0.25, 0.3) is 5.91 Å². The summed E-state index contributed by atoms with van der Waals surface area (Å²) in [5, 5.41) is 5.96. The molecular formula is C32H45N3O4. The highest BCUT2D eigenvalue weighted by molar-refractivity contribution is 6.00. The van der Waals surface area contributed by atoms with E-state index in [-0.39, 0.29) is 23.8 Å². The van der Waals surface area contributed by atoms with Crippen molar-refractivity contribution in [2.45, 2.75) is 105 Å². The second kappa shape index (κ2) is 12.2. The molecule has 39 heavy (non-hydrogen) atoms. The summed E-state index contributed by atoms with van der Waals surface area (Å²) in [5.74, 6) is -0.757. The number of nitrogens with zero attached hydrogens (tertiary/aromatic N) is 1. The number of benzene rings is 2. The van der Waals surface area contributed by atoms with Crippen LogP contribution in [0.5, 0.6) is 0 Å². The topological polar surface area (TPSA) is 87.7 Å². The molecule has 1 aliphatic rings. The Hall–Kier alpha value is -3.35. The number of aryl methyl sites for hydroxylation is 4. The minimum Gasteiger partial charge on any atom is -0.444 e. The monoisotopic (exact) mass is 535 g/mol. The number of alkyl carbamates (subject to hydrolysis) is 1. The molecule has 0 heterocycles. The lowest BCUT2D eigenvalue weighted by atomic mass is 9.86. The summed E-state index contributed by atoms with van der Waals surface area (Å²) in [4.78, 5) is 43.1. The van der Waals surface area contributed by atoms with Gasteiger partial charge in [0.2, 0.25) is 5.91 Å². The van der Waals surface area contributed by atoms with Gasteiger partial charge in [0.05, 0.1) is 0 Å². The largest absolute Gasteiger partial charge is 0.444 e. The summed E-state index contributed by atoms with van der Waals surface area (Å²) >= 11 is 0. The third-order valence-corrected chi connectivity index (χ3v) is 7.14. The maximum atomic E-state index is 14.4. The van der Waals surface area contributed by atoms with Crippen molar-refractivity contribution in [2.24, 2.45) is 5.92 Å². The standard InChI is InChI=1S/C32H45N3O4/c1-19(2)26(34-31(38)39-32(7,8)9)30(37)35(25-14-11-15-25)28(24-17-20(3)16-21(4)18-24)29(36)33-27-22(5)12-10-13-23(27)6/h10,12-13,16-19,25-26,28H,11,14-15H2,1-9H3,(H,33,36)(H,34,38). The summed E-state index contributed by atoms with van der Waals surface area (Å²) in [6, 6.07) is 10.1. The maximum Gasteiger partial charge on any atom is 0.408 e. The lowest BCUT2D eigenvalue weighted by molar-refractivity contribution is -0.146. The number of anilines is 1. The average molecular weight is 536 g/mol. The van der Waals surface area contributed by atoms with Crippen molar-refractivity contribution in [2.75, 3.05) is 5.32 Å². The molecule has 1 saturated carbocycles. The Morgan fingerprint density at radius 1 is 0.949 bits per heavy atom. The number of hydrogen-bond donors (Lipinski definition) is 2. The van der Waals surface area contributed by atoms with Crippen molar-refractivity contribution in [3.05, 3.63) is 64.2 Å². The van der Waals surface area contributed by atoms with E-state index in [4.69, 9.17) is 4.74 Å². The van der Waals surface area contributed by atoms with E-state index in [0.717, 1.165) is 52.8 Å². The van der Waals surface area contributed by atoms with E-state index < -0.39 is 23.8 Å². The van der Waals surface area contributed by atoms with Gasteiger partial charge in [-0.1, -0.05) is 61.4 Å². The Morgan fingerprint density at radius 3 is 1.97 bits per heavy atom. The molecule has 3 rings (SSSR count). The smallest absolute Gasteiger partial charge is 0.408 e. The van der Waals surface area contributed by atoms with Gasteiger partial charge in [-0.2, -0.15) is 0 Å². The molecule has 2 N–H and O–H groups in total. The van der Waals surface area contributed by atoms with Crippen molar-refractivity contribution < 1.29 is 19.1 Å². The Morgan fingerprint density at radius 2 is 1.51 bits per heavy atom. The lowest BCUT2D eigenvalue weighted by Gasteiger charge is -2.44. The zero-order chi connectivity index (χ0) is 29.1. The third kappa shape index (κ3) is 7.61. The molecule has 212 valence electrons. The number of nitrogens with one attached hydrogen (secondary N) is 2. The van der Waals surface area contributed by atoms with Crippen LogP contribution < -0.4 is 10.6 Å². The predicted molar refractivity (Wildman–Crippen MR) is 156 cm³/mol. The molecule has 1 aliphatic carbocycles. The van der Waals surface area contributed by atoms with Crippen molar-refractivity contribution in [1.82, 2.24) is 10.2 Å². The van der Waals surface area contributed by atoms with Crippen LogP contribution in [-0.4, -0.2) is 40.5 Å². The fourth-order valence-corrected chi connectivity index (χ4v) is 5.10. The highest BCUT2D eigenvalue weighted by Gasteiger charge is 2.43. The first kappa shape index (κ1) is 30.2. The Bertz CT molecular complexity index is 1170. The fraction of sp³-hybridized carbons (Fsp3) is 0.531. The molecule has 3 amide bonds. The molecule has 0 spiro atoms. The highest BCUT2D eigenvalue weighted by Crippen LogP contribution is 2.36. The molecule has 0 aliphatic heterocycles. The third-order valence-electron chi connectivity index (χ3n) is 7.14. The molecule has 7 nitrogen and oxygen atoms in total. The first-order chi connectivity index (χ1) is 18.2. The number of amides is 3.